The zero-order valence-electron chi connectivity index (χ0n) is 11.5. The molecule has 0 fully saturated rings. The minimum atomic E-state index is -0.164. The lowest BCUT2D eigenvalue weighted by Crippen LogP contribution is -2.21. The van der Waals surface area contributed by atoms with Gasteiger partial charge in [0.1, 0.15) is 5.82 Å². The van der Waals surface area contributed by atoms with Gasteiger partial charge < -0.3 is 14.8 Å². The van der Waals surface area contributed by atoms with Crippen molar-refractivity contribution < 1.29 is 9.47 Å². The minimum absolute atomic E-state index is 0.164. The molecule has 1 aromatic rings. The predicted molar refractivity (Wildman–Crippen MR) is 81.7 cm³/mol. The van der Waals surface area contributed by atoms with Gasteiger partial charge in [-0.2, -0.15) is 0 Å². The molecule has 1 heterocycles. The number of hydrogen-bond acceptors (Lipinski definition) is 6. The minimum Gasteiger partial charge on any atom is -0.369 e. The van der Waals surface area contributed by atoms with E-state index in [1.807, 2.05) is 20.1 Å². The molecule has 0 spiro atoms. The van der Waals surface area contributed by atoms with Crippen molar-refractivity contribution in [1.82, 2.24) is 9.97 Å². The molecule has 0 saturated carbocycles. The van der Waals surface area contributed by atoms with E-state index in [0.29, 0.717) is 13.2 Å². The van der Waals surface area contributed by atoms with E-state index in [1.165, 1.54) is 11.8 Å². The third kappa shape index (κ3) is 6.07. The Labute approximate surface area is 127 Å². The van der Waals surface area contributed by atoms with E-state index >= 15 is 0 Å². The Bertz CT molecular complexity index is 376. The number of nitrogens with one attached hydrogen (secondary N) is 1. The van der Waals surface area contributed by atoms with Gasteiger partial charge in [-0.3, -0.25) is 0 Å². The standard InChI is InChI=1S/C12H20BrN3O2S/c1-4-17-10(18-5-2)6-7-14-11-9(13)8-15-12(16-11)19-3/h8,10H,4-7H2,1-3H3,(H,14,15,16). The fraction of sp³-hybridized carbons (Fsp3) is 0.667. The van der Waals surface area contributed by atoms with Crippen LogP contribution in [-0.4, -0.2) is 42.3 Å². The number of rotatable bonds is 9. The first-order valence-corrected chi connectivity index (χ1v) is 8.26. The summed E-state index contributed by atoms with van der Waals surface area (Å²) in [6.07, 6.45) is 4.31. The second kappa shape index (κ2) is 9.52. The number of nitrogens with zero attached hydrogens (tertiary/aromatic N) is 2. The highest BCUT2D eigenvalue weighted by Gasteiger charge is 2.09. The molecular weight excluding hydrogens is 330 g/mol. The van der Waals surface area contributed by atoms with Gasteiger partial charge in [0.05, 0.1) is 4.47 Å². The molecule has 0 radical (unpaired) electrons. The molecule has 0 atom stereocenters. The van der Waals surface area contributed by atoms with Crippen LogP contribution < -0.4 is 5.32 Å². The Hall–Kier alpha value is -0.370. The second-order valence-corrected chi connectivity index (χ2v) is 5.24. The molecule has 5 nitrogen and oxygen atoms in total. The fourth-order valence-electron chi connectivity index (χ4n) is 1.47. The van der Waals surface area contributed by atoms with Crippen LogP contribution in [0.2, 0.25) is 0 Å². The predicted octanol–water partition coefficient (Wildman–Crippen LogP) is 3.16. The summed E-state index contributed by atoms with van der Waals surface area (Å²) in [5, 5.41) is 4.01. The van der Waals surface area contributed by atoms with Crippen LogP contribution in [0.4, 0.5) is 5.82 Å². The number of aromatic nitrogens is 2. The molecule has 1 N–H and O–H groups in total. The number of hydrogen-bond donors (Lipinski definition) is 1. The Morgan fingerprint density at radius 1 is 1.37 bits per heavy atom. The van der Waals surface area contributed by atoms with Crippen LogP contribution in [0, 0.1) is 0 Å². The maximum Gasteiger partial charge on any atom is 0.189 e. The molecule has 19 heavy (non-hydrogen) atoms. The summed E-state index contributed by atoms with van der Waals surface area (Å²) in [7, 11) is 0. The Morgan fingerprint density at radius 3 is 2.63 bits per heavy atom. The van der Waals surface area contributed by atoms with E-state index in [0.717, 1.165) is 28.4 Å². The Kier molecular flexibility index (Phi) is 8.36. The van der Waals surface area contributed by atoms with Gasteiger partial charge in [-0.15, -0.1) is 0 Å². The first kappa shape index (κ1) is 16.7. The van der Waals surface area contributed by atoms with Crippen molar-refractivity contribution in [3.05, 3.63) is 10.7 Å². The lowest BCUT2D eigenvalue weighted by Gasteiger charge is -2.17. The van der Waals surface area contributed by atoms with Crippen molar-refractivity contribution in [3.63, 3.8) is 0 Å². The number of ether oxygens (including phenoxy) is 2. The first-order valence-electron chi connectivity index (χ1n) is 6.24. The maximum absolute atomic E-state index is 5.48. The molecule has 1 rings (SSSR count). The van der Waals surface area contributed by atoms with Crippen LogP contribution in [0.15, 0.2) is 15.8 Å². The zero-order chi connectivity index (χ0) is 14.1. The SMILES string of the molecule is CCOC(CCNc1nc(SC)ncc1Br)OCC. The van der Waals surface area contributed by atoms with Crippen molar-refractivity contribution in [3.8, 4) is 0 Å². The molecule has 0 aromatic carbocycles. The third-order valence-electron chi connectivity index (χ3n) is 2.28. The molecule has 0 saturated heterocycles. The van der Waals surface area contributed by atoms with E-state index in [2.05, 4.69) is 31.2 Å². The number of halogens is 1. The van der Waals surface area contributed by atoms with E-state index < -0.39 is 0 Å². The second-order valence-electron chi connectivity index (χ2n) is 3.61. The number of anilines is 1. The van der Waals surface area contributed by atoms with Crippen LogP contribution in [-0.2, 0) is 9.47 Å². The zero-order valence-corrected chi connectivity index (χ0v) is 13.9. The molecule has 108 valence electrons. The van der Waals surface area contributed by atoms with Crippen LogP contribution in [0.5, 0.6) is 0 Å². The van der Waals surface area contributed by atoms with Gasteiger partial charge in [0.2, 0.25) is 0 Å². The lowest BCUT2D eigenvalue weighted by molar-refractivity contribution is -0.137. The van der Waals surface area contributed by atoms with Crippen molar-refractivity contribution in [2.24, 2.45) is 0 Å². The molecule has 0 aliphatic heterocycles. The summed E-state index contributed by atoms with van der Waals surface area (Å²) in [6, 6.07) is 0. The van der Waals surface area contributed by atoms with Crippen LogP contribution in [0.3, 0.4) is 0 Å². The average molecular weight is 350 g/mol. The summed E-state index contributed by atoms with van der Waals surface area (Å²) in [4.78, 5) is 8.57. The fourth-order valence-corrected chi connectivity index (χ4v) is 2.14. The van der Waals surface area contributed by atoms with E-state index in [1.54, 1.807) is 6.20 Å². The average Bonchev–Trinajstić information content (AvgIpc) is 2.41. The van der Waals surface area contributed by atoms with Crippen LogP contribution in [0.25, 0.3) is 0 Å². The summed E-state index contributed by atoms with van der Waals surface area (Å²) in [5.74, 6) is 0.797. The van der Waals surface area contributed by atoms with Crippen molar-refractivity contribution in [2.75, 3.05) is 31.3 Å². The van der Waals surface area contributed by atoms with E-state index in [4.69, 9.17) is 9.47 Å². The first-order chi connectivity index (χ1) is 9.21. The molecular formula is C12H20BrN3O2S. The molecule has 0 aliphatic rings. The van der Waals surface area contributed by atoms with Gasteiger partial charge in [0.25, 0.3) is 0 Å². The molecule has 7 heteroatoms. The lowest BCUT2D eigenvalue weighted by atomic mass is 10.4. The third-order valence-corrected chi connectivity index (χ3v) is 3.42. The molecule has 0 amide bonds. The van der Waals surface area contributed by atoms with Gasteiger partial charge in [-0.25, -0.2) is 9.97 Å². The van der Waals surface area contributed by atoms with Crippen LogP contribution >= 0.6 is 27.7 Å². The van der Waals surface area contributed by atoms with E-state index in [9.17, 15) is 0 Å². The Morgan fingerprint density at radius 2 is 2.05 bits per heavy atom. The van der Waals surface area contributed by atoms with Crippen molar-refractivity contribution >= 4 is 33.5 Å². The highest BCUT2D eigenvalue weighted by Crippen LogP contribution is 2.21. The smallest absolute Gasteiger partial charge is 0.189 e. The van der Waals surface area contributed by atoms with Crippen LogP contribution in [0.1, 0.15) is 20.3 Å². The van der Waals surface area contributed by atoms with E-state index in [-0.39, 0.29) is 6.29 Å². The monoisotopic (exact) mass is 349 g/mol. The van der Waals surface area contributed by atoms with Gasteiger partial charge in [-0.05, 0) is 36.0 Å². The van der Waals surface area contributed by atoms with Gasteiger partial charge in [0.15, 0.2) is 11.4 Å². The number of thioether (sulfide) groups is 1. The summed E-state index contributed by atoms with van der Waals surface area (Å²) >= 11 is 4.94. The van der Waals surface area contributed by atoms with Gasteiger partial charge in [-0.1, -0.05) is 11.8 Å². The highest BCUT2D eigenvalue weighted by molar-refractivity contribution is 9.10. The highest BCUT2D eigenvalue weighted by atomic mass is 79.9. The normalized spacial score (nSPS) is 11.0. The molecule has 0 bridgehead atoms. The summed E-state index contributed by atoms with van der Waals surface area (Å²) in [6.45, 7) is 5.96. The quantitative estimate of drug-likeness (QED) is 0.419. The summed E-state index contributed by atoms with van der Waals surface area (Å²) < 4.78 is 11.8. The molecule has 1 aromatic heterocycles. The Balaban J connectivity index is 2.47. The molecule has 0 aliphatic carbocycles. The van der Waals surface area contributed by atoms with Crippen molar-refractivity contribution in [2.45, 2.75) is 31.7 Å². The largest absolute Gasteiger partial charge is 0.369 e. The molecule has 0 unspecified atom stereocenters. The van der Waals surface area contributed by atoms with Crippen molar-refractivity contribution in [1.29, 1.82) is 0 Å². The topological polar surface area (TPSA) is 56.3 Å². The summed E-state index contributed by atoms with van der Waals surface area (Å²) in [5.41, 5.74) is 0. The van der Waals surface area contributed by atoms with Gasteiger partial charge >= 0.3 is 0 Å². The maximum atomic E-state index is 5.48. The van der Waals surface area contributed by atoms with Gasteiger partial charge in [0, 0.05) is 32.4 Å².